The van der Waals surface area contributed by atoms with Crippen molar-refractivity contribution >= 4 is 35.1 Å². The lowest BCUT2D eigenvalue weighted by molar-refractivity contribution is -0.138. The number of carbonyl (C=O) groups excluding carboxylic acids is 2. The number of carbonyl (C=O) groups is 2. The number of hydrogen-bond donors (Lipinski definition) is 1. The molecule has 1 aliphatic rings. The summed E-state index contributed by atoms with van der Waals surface area (Å²) in [7, 11) is 0. The Bertz CT molecular complexity index is 1010. The van der Waals surface area contributed by atoms with E-state index in [9.17, 15) is 9.59 Å². The first kappa shape index (κ1) is 22.1. The van der Waals surface area contributed by atoms with Crippen molar-refractivity contribution in [3.05, 3.63) is 89.0 Å². The highest BCUT2D eigenvalue weighted by Gasteiger charge is 2.44. The molecule has 156 valence electrons. The van der Waals surface area contributed by atoms with Crippen LogP contribution in [0.2, 0.25) is 5.02 Å². The first-order chi connectivity index (χ1) is 14.1. The SMILES string of the molecule is CC(C)(C)C1=CC(Cl)(NC(=O)c2ccccc2Cl)C(C(=O)Oc2ccccc2)C=C1. The van der Waals surface area contributed by atoms with Gasteiger partial charge in [0, 0.05) is 0 Å². The molecular weight excluding hydrogens is 421 g/mol. The van der Waals surface area contributed by atoms with Crippen LogP contribution in [-0.2, 0) is 4.79 Å². The minimum atomic E-state index is -1.51. The predicted molar refractivity (Wildman–Crippen MR) is 120 cm³/mol. The predicted octanol–water partition coefficient (Wildman–Crippen LogP) is 5.77. The lowest BCUT2D eigenvalue weighted by Crippen LogP contribution is -2.52. The summed E-state index contributed by atoms with van der Waals surface area (Å²) in [6, 6.07) is 15.4. The van der Waals surface area contributed by atoms with E-state index in [1.807, 2.05) is 32.9 Å². The van der Waals surface area contributed by atoms with Gasteiger partial charge in [-0.25, -0.2) is 0 Å². The topological polar surface area (TPSA) is 55.4 Å². The van der Waals surface area contributed by atoms with Crippen molar-refractivity contribution in [3.8, 4) is 5.75 Å². The van der Waals surface area contributed by atoms with Gasteiger partial charge in [0.05, 0.1) is 10.6 Å². The van der Waals surface area contributed by atoms with Gasteiger partial charge in [-0.1, -0.05) is 86.5 Å². The molecule has 2 aromatic carbocycles. The minimum absolute atomic E-state index is 0.236. The van der Waals surface area contributed by atoms with Crippen LogP contribution in [0.3, 0.4) is 0 Å². The summed E-state index contributed by atoms with van der Waals surface area (Å²) in [5.41, 5.74) is 0.926. The molecule has 0 saturated carbocycles. The smallest absolute Gasteiger partial charge is 0.322 e. The Kier molecular flexibility index (Phi) is 6.39. The van der Waals surface area contributed by atoms with Crippen LogP contribution in [0, 0.1) is 11.3 Å². The molecule has 1 aliphatic carbocycles. The van der Waals surface area contributed by atoms with Gasteiger partial charge in [-0.05, 0) is 41.3 Å². The van der Waals surface area contributed by atoms with E-state index in [2.05, 4.69) is 5.32 Å². The summed E-state index contributed by atoms with van der Waals surface area (Å²) in [5.74, 6) is -1.58. The molecule has 0 radical (unpaired) electrons. The Morgan fingerprint density at radius 3 is 2.30 bits per heavy atom. The average molecular weight is 444 g/mol. The zero-order valence-corrected chi connectivity index (χ0v) is 18.5. The molecule has 4 nitrogen and oxygen atoms in total. The van der Waals surface area contributed by atoms with Crippen LogP contribution >= 0.6 is 23.2 Å². The molecule has 0 heterocycles. The molecular formula is C24H23Cl2NO3. The second kappa shape index (κ2) is 8.66. The second-order valence-electron chi connectivity index (χ2n) is 8.12. The fraction of sp³-hybridized carbons (Fsp3) is 0.250. The molecule has 0 aliphatic heterocycles. The lowest BCUT2D eigenvalue weighted by Gasteiger charge is -2.36. The number of benzene rings is 2. The van der Waals surface area contributed by atoms with Gasteiger partial charge in [-0.3, -0.25) is 9.59 Å². The molecule has 2 aromatic rings. The van der Waals surface area contributed by atoms with Gasteiger partial charge < -0.3 is 10.1 Å². The summed E-state index contributed by atoms with van der Waals surface area (Å²) in [6.07, 6.45) is 5.23. The normalized spacial score (nSPS) is 21.0. The Labute approximate surface area is 186 Å². The van der Waals surface area contributed by atoms with Gasteiger partial charge >= 0.3 is 5.97 Å². The van der Waals surface area contributed by atoms with Gasteiger partial charge in [0.1, 0.15) is 11.7 Å². The molecule has 0 bridgehead atoms. The van der Waals surface area contributed by atoms with Crippen molar-refractivity contribution in [2.45, 2.75) is 25.8 Å². The number of para-hydroxylation sites is 1. The van der Waals surface area contributed by atoms with Gasteiger partial charge in [-0.2, -0.15) is 0 Å². The van der Waals surface area contributed by atoms with Crippen LogP contribution in [0.5, 0.6) is 5.75 Å². The van der Waals surface area contributed by atoms with E-state index in [-0.39, 0.29) is 11.0 Å². The number of esters is 1. The Morgan fingerprint density at radius 1 is 1.03 bits per heavy atom. The van der Waals surface area contributed by atoms with E-state index in [0.29, 0.717) is 10.8 Å². The molecule has 30 heavy (non-hydrogen) atoms. The second-order valence-corrected chi connectivity index (χ2v) is 9.16. The molecule has 3 rings (SSSR count). The molecule has 2 unspecified atom stereocenters. The van der Waals surface area contributed by atoms with Crippen molar-refractivity contribution in [3.63, 3.8) is 0 Å². The Morgan fingerprint density at radius 2 is 1.67 bits per heavy atom. The van der Waals surface area contributed by atoms with E-state index >= 15 is 0 Å². The monoisotopic (exact) mass is 443 g/mol. The van der Waals surface area contributed by atoms with Crippen molar-refractivity contribution in [1.82, 2.24) is 5.32 Å². The highest BCUT2D eigenvalue weighted by molar-refractivity contribution is 6.34. The van der Waals surface area contributed by atoms with Gasteiger partial charge in [0.2, 0.25) is 0 Å². The number of rotatable bonds is 4. The molecule has 0 saturated heterocycles. The van der Waals surface area contributed by atoms with Gasteiger partial charge in [0.15, 0.2) is 5.00 Å². The standard InChI is InChI=1S/C24H23Cl2NO3/c1-23(2,3)16-13-14-19(22(29)30-17-9-5-4-6-10-17)24(26,15-16)27-21(28)18-11-7-8-12-20(18)25/h4-15,19H,1-3H3,(H,27,28). The van der Waals surface area contributed by atoms with E-state index in [0.717, 1.165) is 5.57 Å². The van der Waals surface area contributed by atoms with E-state index < -0.39 is 22.8 Å². The number of hydrogen-bond acceptors (Lipinski definition) is 3. The van der Waals surface area contributed by atoms with Crippen LogP contribution in [-0.4, -0.2) is 16.9 Å². The maximum Gasteiger partial charge on any atom is 0.322 e. The number of ether oxygens (including phenoxy) is 1. The number of amides is 1. The molecule has 6 heteroatoms. The quantitative estimate of drug-likeness (QED) is 0.282. The van der Waals surface area contributed by atoms with Crippen molar-refractivity contribution in [1.29, 1.82) is 0 Å². The highest BCUT2D eigenvalue weighted by Crippen LogP contribution is 2.39. The van der Waals surface area contributed by atoms with Gasteiger partial charge in [0.25, 0.3) is 5.91 Å². The number of nitrogens with one attached hydrogen (secondary N) is 1. The highest BCUT2D eigenvalue weighted by atomic mass is 35.5. The first-order valence-corrected chi connectivity index (χ1v) is 10.3. The Hall–Kier alpha value is -2.56. The van der Waals surface area contributed by atoms with Crippen LogP contribution in [0.1, 0.15) is 31.1 Å². The fourth-order valence-corrected chi connectivity index (χ4v) is 3.68. The maximum atomic E-state index is 13.0. The third-order valence-electron chi connectivity index (χ3n) is 4.79. The molecule has 1 amide bonds. The maximum absolute atomic E-state index is 13.0. The zero-order chi connectivity index (χ0) is 21.9. The minimum Gasteiger partial charge on any atom is -0.426 e. The molecule has 0 spiro atoms. The van der Waals surface area contributed by atoms with Crippen molar-refractivity contribution < 1.29 is 14.3 Å². The van der Waals surface area contributed by atoms with Gasteiger partial charge in [-0.15, -0.1) is 0 Å². The molecule has 2 atom stereocenters. The largest absolute Gasteiger partial charge is 0.426 e. The van der Waals surface area contributed by atoms with Crippen LogP contribution in [0.25, 0.3) is 0 Å². The number of halogens is 2. The summed E-state index contributed by atoms with van der Waals surface area (Å²) in [6.45, 7) is 6.08. The summed E-state index contributed by atoms with van der Waals surface area (Å²) in [4.78, 5) is 24.4. The Balaban J connectivity index is 1.94. The molecule has 1 N–H and O–H groups in total. The van der Waals surface area contributed by atoms with Crippen molar-refractivity contribution in [2.24, 2.45) is 11.3 Å². The summed E-state index contributed by atoms with van der Waals surface area (Å²) >= 11 is 13.1. The van der Waals surface area contributed by atoms with E-state index in [1.165, 1.54) is 0 Å². The first-order valence-electron chi connectivity index (χ1n) is 9.54. The summed E-state index contributed by atoms with van der Waals surface area (Å²) < 4.78 is 5.50. The van der Waals surface area contributed by atoms with E-state index in [1.54, 1.807) is 60.7 Å². The zero-order valence-electron chi connectivity index (χ0n) is 17.0. The lowest BCUT2D eigenvalue weighted by atomic mass is 9.79. The molecule has 0 fully saturated rings. The van der Waals surface area contributed by atoms with Crippen molar-refractivity contribution in [2.75, 3.05) is 0 Å². The third kappa shape index (κ3) is 4.94. The third-order valence-corrected chi connectivity index (χ3v) is 5.56. The van der Waals surface area contributed by atoms with Crippen LogP contribution in [0.4, 0.5) is 0 Å². The van der Waals surface area contributed by atoms with Crippen LogP contribution in [0.15, 0.2) is 78.4 Å². The number of allylic oxidation sites excluding steroid dienone is 2. The summed E-state index contributed by atoms with van der Waals surface area (Å²) in [5, 5.41) is 3.08. The molecule has 0 aromatic heterocycles. The van der Waals surface area contributed by atoms with E-state index in [4.69, 9.17) is 27.9 Å². The average Bonchev–Trinajstić information content (AvgIpc) is 2.67. The fourth-order valence-electron chi connectivity index (χ4n) is 3.09. The number of alkyl halides is 1. The van der Waals surface area contributed by atoms with Crippen LogP contribution < -0.4 is 10.1 Å².